The van der Waals surface area contributed by atoms with E-state index in [-0.39, 0.29) is 5.56 Å². The van der Waals surface area contributed by atoms with Crippen LogP contribution in [0.15, 0.2) is 53.5 Å². The largest absolute Gasteiger partial charge is 0.351 e. The molecule has 0 unspecified atom stereocenters. The zero-order valence-corrected chi connectivity index (χ0v) is 12.6. The lowest BCUT2D eigenvalue weighted by molar-refractivity contribution is 0.935. The minimum atomic E-state index is -0.397. The summed E-state index contributed by atoms with van der Waals surface area (Å²) in [5.41, 5.74) is 2.63. The first-order chi connectivity index (χ1) is 10.6. The van der Waals surface area contributed by atoms with Gasteiger partial charge in [-0.25, -0.2) is 0 Å². The number of hydrogen-bond acceptors (Lipinski definition) is 2. The molecule has 0 aliphatic rings. The van der Waals surface area contributed by atoms with Crippen LogP contribution in [0.2, 0.25) is 5.02 Å². The third-order valence-electron chi connectivity index (χ3n) is 3.52. The van der Waals surface area contributed by atoms with Crippen LogP contribution in [0.1, 0.15) is 5.56 Å². The van der Waals surface area contributed by atoms with Crippen LogP contribution in [-0.4, -0.2) is 9.55 Å². The summed E-state index contributed by atoms with van der Waals surface area (Å²) in [6, 6.07) is 14.7. The predicted octanol–water partition coefficient (Wildman–Crippen LogP) is 3.57. The monoisotopic (exact) mass is 309 g/mol. The van der Waals surface area contributed by atoms with Crippen molar-refractivity contribution in [3.05, 3.63) is 69.6 Å². The maximum absolute atomic E-state index is 12.2. The van der Waals surface area contributed by atoms with Gasteiger partial charge in [0.15, 0.2) is 0 Å². The number of rotatable bonds is 2. The van der Waals surface area contributed by atoms with Gasteiger partial charge in [0.05, 0.1) is 0 Å². The first-order valence-corrected chi connectivity index (χ1v) is 7.03. The quantitative estimate of drug-likeness (QED) is 0.786. The standard InChI is InChI=1S/C17H12ClN3O/c1-21-8-2-3-16(21)13-9-15(20-17(22)14(13)10-19)11-4-6-12(18)7-5-11/h2-9H,1H3,(H,20,22). The molecule has 3 rings (SSSR count). The summed E-state index contributed by atoms with van der Waals surface area (Å²) in [5, 5.41) is 9.92. The molecule has 1 N–H and O–H groups in total. The highest BCUT2D eigenvalue weighted by molar-refractivity contribution is 6.30. The first kappa shape index (κ1) is 14.2. The predicted molar refractivity (Wildman–Crippen MR) is 86.6 cm³/mol. The number of nitriles is 1. The second kappa shape index (κ2) is 5.55. The number of H-pyrrole nitrogens is 1. The Labute approximate surface area is 132 Å². The summed E-state index contributed by atoms with van der Waals surface area (Å²) in [7, 11) is 1.87. The molecule has 0 bridgehead atoms. The van der Waals surface area contributed by atoms with Gasteiger partial charge >= 0.3 is 0 Å². The molecule has 0 saturated heterocycles. The number of hydrogen-bond donors (Lipinski definition) is 1. The van der Waals surface area contributed by atoms with E-state index >= 15 is 0 Å². The second-order valence-corrected chi connectivity index (χ2v) is 5.36. The zero-order chi connectivity index (χ0) is 15.7. The van der Waals surface area contributed by atoms with Gasteiger partial charge in [-0.1, -0.05) is 23.7 Å². The molecule has 22 heavy (non-hydrogen) atoms. The number of halogens is 1. The lowest BCUT2D eigenvalue weighted by Gasteiger charge is -2.09. The lowest BCUT2D eigenvalue weighted by atomic mass is 10.0. The summed E-state index contributed by atoms with van der Waals surface area (Å²) < 4.78 is 1.88. The van der Waals surface area contributed by atoms with E-state index < -0.39 is 5.56 Å². The number of aromatic amines is 1. The maximum Gasteiger partial charge on any atom is 0.267 e. The lowest BCUT2D eigenvalue weighted by Crippen LogP contribution is -2.13. The molecule has 0 amide bonds. The molecule has 0 spiro atoms. The number of pyridine rings is 1. The SMILES string of the molecule is Cn1cccc1-c1cc(-c2ccc(Cl)cc2)[nH]c(=O)c1C#N. The van der Waals surface area contributed by atoms with E-state index in [1.165, 1.54) is 0 Å². The molecule has 3 aromatic rings. The van der Waals surface area contributed by atoms with E-state index in [4.69, 9.17) is 11.6 Å². The van der Waals surface area contributed by atoms with Gasteiger partial charge in [-0.05, 0) is 35.9 Å². The maximum atomic E-state index is 12.2. The molecule has 1 aromatic carbocycles. The van der Waals surface area contributed by atoms with Crippen LogP contribution >= 0.6 is 11.6 Å². The van der Waals surface area contributed by atoms with Gasteiger partial charge < -0.3 is 9.55 Å². The normalized spacial score (nSPS) is 10.4. The molecule has 4 nitrogen and oxygen atoms in total. The van der Waals surface area contributed by atoms with Crippen molar-refractivity contribution in [2.24, 2.45) is 7.05 Å². The third kappa shape index (κ3) is 2.43. The highest BCUT2D eigenvalue weighted by Gasteiger charge is 2.14. The van der Waals surface area contributed by atoms with Gasteiger partial charge in [-0.2, -0.15) is 5.26 Å². The summed E-state index contributed by atoms with van der Waals surface area (Å²) in [6.07, 6.45) is 1.87. The van der Waals surface area contributed by atoms with Crippen molar-refractivity contribution >= 4 is 11.6 Å². The molecular formula is C17H12ClN3O. The van der Waals surface area contributed by atoms with Crippen molar-refractivity contribution in [2.75, 3.05) is 0 Å². The van der Waals surface area contributed by atoms with E-state index in [0.717, 1.165) is 11.3 Å². The van der Waals surface area contributed by atoms with Crippen LogP contribution in [-0.2, 0) is 7.05 Å². The molecule has 0 aliphatic heterocycles. The Hall–Kier alpha value is -2.77. The Bertz CT molecular complexity index is 930. The fraction of sp³-hybridized carbons (Fsp3) is 0.0588. The van der Waals surface area contributed by atoms with Gasteiger partial charge in [-0.3, -0.25) is 4.79 Å². The first-order valence-electron chi connectivity index (χ1n) is 6.65. The van der Waals surface area contributed by atoms with Crippen molar-refractivity contribution in [1.82, 2.24) is 9.55 Å². The summed E-state index contributed by atoms with van der Waals surface area (Å²) in [4.78, 5) is 15.0. The van der Waals surface area contributed by atoms with Crippen LogP contribution in [0.25, 0.3) is 22.5 Å². The second-order valence-electron chi connectivity index (χ2n) is 4.92. The van der Waals surface area contributed by atoms with Crippen molar-refractivity contribution in [3.8, 4) is 28.6 Å². The van der Waals surface area contributed by atoms with E-state index in [1.54, 1.807) is 12.1 Å². The van der Waals surface area contributed by atoms with E-state index in [9.17, 15) is 10.1 Å². The number of aryl methyl sites for hydroxylation is 1. The molecule has 2 aromatic heterocycles. The van der Waals surface area contributed by atoms with Crippen molar-refractivity contribution in [2.45, 2.75) is 0 Å². The highest BCUT2D eigenvalue weighted by atomic mass is 35.5. The minimum absolute atomic E-state index is 0.111. The molecule has 108 valence electrons. The average Bonchev–Trinajstić information content (AvgIpc) is 2.93. The molecular weight excluding hydrogens is 298 g/mol. The average molecular weight is 310 g/mol. The Morgan fingerprint density at radius 1 is 1.23 bits per heavy atom. The molecule has 0 radical (unpaired) electrons. The third-order valence-corrected chi connectivity index (χ3v) is 3.77. The van der Waals surface area contributed by atoms with Gasteiger partial charge in [0.25, 0.3) is 5.56 Å². The van der Waals surface area contributed by atoms with Gasteiger partial charge in [0.2, 0.25) is 0 Å². The number of nitrogens with zero attached hydrogens (tertiary/aromatic N) is 2. The van der Waals surface area contributed by atoms with E-state index in [0.29, 0.717) is 16.3 Å². The van der Waals surface area contributed by atoms with Crippen LogP contribution in [0.4, 0.5) is 0 Å². The number of nitrogens with one attached hydrogen (secondary N) is 1. The highest BCUT2D eigenvalue weighted by Crippen LogP contribution is 2.26. The summed E-state index contributed by atoms with van der Waals surface area (Å²) >= 11 is 5.89. The Balaban J connectivity index is 2.26. The number of benzene rings is 1. The van der Waals surface area contributed by atoms with Gasteiger partial charge in [-0.15, -0.1) is 0 Å². The minimum Gasteiger partial charge on any atom is -0.351 e. The van der Waals surface area contributed by atoms with Crippen LogP contribution < -0.4 is 5.56 Å². The van der Waals surface area contributed by atoms with Crippen molar-refractivity contribution in [3.63, 3.8) is 0 Å². The van der Waals surface area contributed by atoms with Crippen LogP contribution in [0.3, 0.4) is 0 Å². The van der Waals surface area contributed by atoms with E-state index in [1.807, 2.05) is 54.2 Å². The van der Waals surface area contributed by atoms with Crippen molar-refractivity contribution in [1.29, 1.82) is 5.26 Å². The van der Waals surface area contributed by atoms with Crippen molar-refractivity contribution < 1.29 is 0 Å². The molecule has 0 saturated carbocycles. The summed E-state index contributed by atoms with van der Waals surface area (Å²) in [5.74, 6) is 0. The van der Waals surface area contributed by atoms with E-state index in [2.05, 4.69) is 4.98 Å². The summed E-state index contributed by atoms with van der Waals surface area (Å²) in [6.45, 7) is 0. The molecule has 5 heteroatoms. The van der Waals surface area contributed by atoms with Gasteiger partial charge in [0, 0.05) is 35.2 Å². The smallest absolute Gasteiger partial charge is 0.267 e. The fourth-order valence-corrected chi connectivity index (χ4v) is 2.52. The molecule has 0 fully saturated rings. The molecule has 0 aliphatic carbocycles. The van der Waals surface area contributed by atoms with Crippen LogP contribution in [0, 0.1) is 11.3 Å². The topological polar surface area (TPSA) is 61.6 Å². The fourth-order valence-electron chi connectivity index (χ4n) is 2.40. The zero-order valence-electron chi connectivity index (χ0n) is 11.8. The van der Waals surface area contributed by atoms with Crippen LogP contribution in [0.5, 0.6) is 0 Å². The van der Waals surface area contributed by atoms with Gasteiger partial charge in [0.1, 0.15) is 11.6 Å². The molecule has 2 heterocycles. The number of aromatic nitrogens is 2. The molecule has 0 atom stereocenters. The Kier molecular flexibility index (Phi) is 3.58. The Morgan fingerprint density at radius 3 is 2.55 bits per heavy atom. The Morgan fingerprint density at radius 2 is 1.95 bits per heavy atom.